The third-order valence-electron chi connectivity index (χ3n) is 3.29. The highest BCUT2D eigenvalue weighted by Crippen LogP contribution is 2.23. The van der Waals surface area contributed by atoms with Crippen LogP contribution in [0.2, 0.25) is 0 Å². The van der Waals surface area contributed by atoms with Crippen molar-refractivity contribution in [1.82, 2.24) is 5.32 Å². The smallest absolute Gasteiger partial charge is 0.251 e. The number of hydrogen-bond donors (Lipinski definition) is 1. The maximum atomic E-state index is 12.1. The van der Waals surface area contributed by atoms with Crippen LogP contribution in [0, 0.1) is 0 Å². The van der Waals surface area contributed by atoms with Crippen LogP contribution < -0.4 is 5.32 Å². The van der Waals surface area contributed by atoms with Gasteiger partial charge in [0, 0.05) is 33.3 Å². The SMILES string of the molecule is CC(C)(C)SCCNC(=O)c1ccc(CSc2ccccc2)cc1. The predicted octanol–water partition coefficient (Wildman–Crippen LogP) is 5.24. The topological polar surface area (TPSA) is 29.1 Å². The summed E-state index contributed by atoms with van der Waals surface area (Å²) in [6, 6.07) is 18.2. The Morgan fingerprint density at radius 2 is 1.67 bits per heavy atom. The summed E-state index contributed by atoms with van der Waals surface area (Å²) < 4.78 is 0.239. The van der Waals surface area contributed by atoms with E-state index in [4.69, 9.17) is 0 Å². The Morgan fingerprint density at radius 1 is 1.00 bits per heavy atom. The van der Waals surface area contributed by atoms with Gasteiger partial charge in [0.25, 0.3) is 5.91 Å². The number of carbonyl (C=O) groups excluding carboxylic acids is 1. The Kier molecular flexibility index (Phi) is 7.25. The van der Waals surface area contributed by atoms with Gasteiger partial charge in [-0.1, -0.05) is 51.1 Å². The van der Waals surface area contributed by atoms with E-state index < -0.39 is 0 Å². The normalized spacial score (nSPS) is 11.3. The van der Waals surface area contributed by atoms with E-state index in [-0.39, 0.29) is 10.7 Å². The second-order valence-corrected chi connectivity index (χ2v) is 9.49. The Bertz CT molecular complexity index is 633. The van der Waals surface area contributed by atoms with Gasteiger partial charge in [0.05, 0.1) is 0 Å². The van der Waals surface area contributed by atoms with Crippen molar-refractivity contribution >= 4 is 29.4 Å². The van der Waals surface area contributed by atoms with Crippen LogP contribution in [0.4, 0.5) is 0 Å². The Hall–Kier alpha value is -1.39. The number of carbonyl (C=O) groups is 1. The Labute approximate surface area is 153 Å². The molecule has 0 aliphatic heterocycles. The monoisotopic (exact) mass is 359 g/mol. The van der Waals surface area contributed by atoms with Crippen molar-refractivity contribution in [1.29, 1.82) is 0 Å². The van der Waals surface area contributed by atoms with E-state index >= 15 is 0 Å². The fraction of sp³-hybridized carbons (Fsp3) is 0.350. The summed E-state index contributed by atoms with van der Waals surface area (Å²) in [5, 5.41) is 2.98. The Balaban J connectivity index is 1.77. The summed E-state index contributed by atoms with van der Waals surface area (Å²) in [6.07, 6.45) is 0. The van der Waals surface area contributed by atoms with E-state index in [1.165, 1.54) is 10.5 Å². The van der Waals surface area contributed by atoms with Gasteiger partial charge in [-0.2, -0.15) is 11.8 Å². The molecular weight excluding hydrogens is 334 g/mol. The third-order valence-corrected chi connectivity index (χ3v) is 5.64. The molecule has 0 aliphatic rings. The standard InChI is InChI=1S/C20H25NOS2/c1-20(2,3)24-14-13-21-19(22)17-11-9-16(10-12-17)15-23-18-7-5-4-6-8-18/h4-12H,13-15H2,1-3H3,(H,21,22). The van der Waals surface area contributed by atoms with E-state index in [0.29, 0.717) is 6.54 Å². The van der Waals surface area contributed by atoms with Crippen molar-refractivity contribution in [3.63, 3.8) is 0 Å². The second-order valence-electron chi connectivity index (χ2n) is 6.52. The van der Waals surface area contributed by atoms with Crippen LogP contribution in [0.5, 0.6) is 0 Å². The molecule has 0 aromatic heterocycles. The summed E-state index contributed by atoms with van der Waals surface area (Å²) in [5.41, 5.74) is 1.95. The first kappa shape index (κ1) is 18.9. The average Bonchev–Trinajstić information content (AvgIpc) is 2.57. The van der Waals surface area contributed by atoms with Gasteiger partial charge in [-0.25, -0.2) is 0 Å². The fourth-order valence-corrected chi connectivity index (χ4v) is 3.75. The molecule has 1 amide bonds. The van der Waals surface area contributed by atoms with Gasteiger partial charge in [0.2, 0.25) is 0 Å². The van der Waals surface area contributed by atoms with Gasteiger partial charge in [-0.3, -0.25) is 4.79 Å². The highest BCUT2D eigenvalue weighted by Gasteiger charge is 2.10. The van der Waals surface area contributed by atoms with E-state index in [1.807, 2.05) is 54.2 Å². The summed E-state index contributed by atoms with van der Waals surface area (Å²) in [6.45, 7) is 7.26. The molecular formula is C20H25NOS2. The second kappa shape index (κ2) is 9.19. The summed E-state index contributed by atoms with van der Waals surface area (Å²) in [5.74, 6) is 1.85. The lowest BCUT2D eigenvalue weighted by Crippen LogP contribution is -2.26. The number of benzene rings is 2. The van der Waals surface area contributed by atoms with Gasteiger partial charge in [-0.05, 0) is 29.8 Å². The van der Waals surface area contributed by atoms with Crippen LogP contribution in [0.3, 0.4) is 0 Å². The molecule has 0 radical (unpaired) electrons. The maximum absolute atomic E-state index is 12.1. The zero-order valence-corrected chi connectivity index (χ0v) is 16.2. The van der Waals surface area contributed by atoms with Crippen molar-refractivity contribution in [3.8, 4) is 0 Å². The molecule has 128 valence electrons. The minimum atomic E-state index is 0.00627. The summed E-state index contributed by atoms with van der Waals surface area (Å²) >= 11 is 3.66. The molecule has 4 heteroatoms. The van der Waals surface area contributed by atoms with Crippen LogP contribution in [0.15, 0.2) is 59.5 Å². The highest BCUT2D eigenvalue weighted by molar-refractivity contribution is 8.00. The van der Waals surface area contributed by atoms with Gasteiger partial charge in [0.1, 0.15) is 0 Å². The molecule has 2 nitrogen and oxygen atoms in total. The van der Waals surface area contributed by atoms with Crippen LogP contribution >= 0.6 is 23.5 Å². The average molecular weight is 360 g/mol. The van der Waals surface area contributed by atoms with Crippen LogP contribution in [-0.2, 0) is 5.75 Å². The summed E-state index contributed by atoms with van der Waals surface area (Å²) in [4.78, 5) is 13.4. The Morgan fingerprint density at radius 3 is 2.29 bits per heavy atom. The van der Waals surface area contributed by atoms with Crippen LogP contribution in [-0.4, -0.2) is 23.0 Å². The van der Waals surface area contributed by atoms with Crippen LogP contribution in [0.1, 0.15) is 36.7 Å². The van der Waals surface area contributed by atoms with Crippen molar-refractivity contribution in [2.24, 2.45) is 0 Å². The predicted molar refractivity (Wildman–Crippen MR) is 107 cm³/mol. The molecule has 0 fully saturated rings. The lowest BCUT2D eigenvalue weighted by molar-refractivity contribution is 0.0956. The quantitative estimate of drug-likeness (QED) is 0.541. The molecule has 2 rings (SSSR count). The van der Waals surface area contributed by atoms with Gasteiger partial charge in [-0.15, -0.1) is 11.8 Å². The highest BCUT2D eigenvalue weighted by atomic mass is 32.2. The molecule has 0 spiro atoms. The first-order valence-corrected chi connectivity index (χ1v) is 10.1. The maximum Gasteiger partial charge on any atom is 0.251 e. The first-order chi connectivity index (χ1) is 11.4. The lowest BCUT2D eigenvalue weighted by Gasteiger charge is -2.17. The molecule has 0 saturated carbocycles. The third kappa shape index (κ3) is 7.02. The van der Waals surface area contributed by atoms with Gasteiger partial charge >= 0.3 is 0 Å². The molecule has 0 unspecified atom stereocenters. The minimum absolute atomic E-state index is 0.00627. The molecule has 0 aliphatic carbocycles. The number of nitrogens with one attached hydrogen (secondary N) is 1. The zero-order chi connectivity index (χ0) is 17.4. The van der Waals surface area contributed by atoms with Crippen LogP contribution in [0.25, 0.3) is 0 Å². The number of rotatable bonds is 7. The van der Waals surface area contributed by atoms with Gasteiger partial charge < -0.3 is 5.32 Å². The fourth-order valence-electron chi connectivity index (χ4n) is 2.06. The molecule has 0 atom stereocenters. The molecule has 0 saturated heterocycles. The largest absolute Gasteiger partial charge is 0.351 e. The molecule has 2 aromatic carbocycles. The molecule has 24 heavy (non-hydrogen) atoms. The molecule has 0 heterocycles. The summed E-state index contributed by atoms with van der Waals surface area (Å²) in [7, 11) is 0. The van der Waals surface area contributed by atoms with E-state index in [9.17, 15) is 4.79 Å². The number of thioether (sulfide) groups is 2. The minimum Gasteiger partial charge on any atom is -0.351 e. The number of hydrogen-bond acceptors (Lipinski definition) is 3. The van der Waals surface area contributed by atoms with Gasteiger partial charge in [0.15, 0.2) is 0 Å². The van der Waals surface area contributed by atoms with Crippen molar-refractivity contribution in [2.45, 2.75) is 36.2 Å². The van der Waals surface area contributed by atoms with Crippen molar-refractivity contribution in [3.05, 3.63) is 65.7 Å². The van der Waals surface area contributed by atoms with E-state index in [0.717, 1.165) is 17.1 Å². The van der Waals surface area contributed by atoms with E-state index in [2.05, 4.69) is 38.2 Å². The first-order valence-electron chi connectivity index (χ1n) is 8.13. The molecule has 0 bridgehead atoms. The zero-order valence-electron chi connectivity index (χ0n) is 14.5. The molecule has 2 aromatic rings. The number of amides is 1. The van der Waals surface area contributed by atoms with E-state index in [1.54, 1.807) is 11.8 Å². The molecule has 1 N–H and O–H groups in total. The van der Waals surface area contributed by atoms with Crippen molar-refractivity contribution in [2.75, 3.05) is 12.3 Å². The van der Waals surface area contributed by atoms with Crippen molar-refractivity contribution < 1.29 is 4.79 Å². The lowest BCUT2D eigenvalue weighted by atomic mass is 10.1.